The molecule has 7 heteroatoms. The van der Waals surface area contributed by atoms with E-state index in [0.717, 1.165) is 18.9 Å². The first kappa shape index (κ1) is 14.6. The molecule has 0 spiro atoms. The van der Waals surface area contributed by atoms with Crippen LogP contribution in [0.3, 0.4) is 0 Å². The Bertz CT molecular complexity index is 361. The van der Waals surface area contributed by atoms with Gasteiger partial charge in [-0.15, -0.1) is 0 Å². The fraction of sp³-hybridized carbons (Fsp3) is 0.636. The summed E-state index contributed by atoms with van der Waals surface area (Å²) in [5.41, 5.74) is 2.52. The van der Waals surface area contributed by atoms with E-state index in [1.165, 1.54) is 0 Å². The van der Waals surface area contributed by atoms with E-state index in [0.29, 0.717) is 24.7 Å². The van der Waals surface area contributed by atoms with Crippen molar-refractivity contribution in [1.29, 1.82) is 0 Å². The van der Waals surface area contributed by atoms with Gasteiger partial charge in [-0.1, -0.05) is 0 Å². The summed E-state index contributed by atoms with van der Waals surface area (Å²) in [5, 5.41) is 8.89. The maximum absolute atomic E-state index is 8.89. The Morgan fingerprint density at radius 2 is 2.28 bits per heavy atom. The molecule has 18 heavy (non-hydrogen) atoms. The SMILES string of the molecule is CCN(CCCO)c1cc(NN)nc(COC)n1. The van der Waals surface area contributed by atoms with Crippen LogP contribution in [-0.4, -0.2) is 41.9 Å². The fourth-order valence-electron chi connectivity index (χ4n) is 1.61. The first-order valence-electron chi connectivity index (χ1n) is 5.94. The number of hydrogen-bond acceptors (Lipinski definition) is 7. The first-order valence-corrected chi connectivity index (χ1v) is 5.94. The molecule has 0 aliphatic carbocycles. The van der Waals surface area contributed by atoms with Gasteiger partial charge in [-0.25, -0.2) is 15.8 Å². The van der Waals surface area contributed by atoms with Crippen molar-refractivity contribution in [1.82, 2.24) is 9.97 Å². The van der Waals surface area contributed by atoms with Crippen molar-refractivity contribution in [3.05, 3.63) is 11.9 Å². The van der Waals surface area contributed by atoms with Crippen LogP contribution >= 0.6 is 0 Å². The maximum Gasteiger partial charge on any atom is 0.158 e. The summed E-state index contributed by atoms with van der Waals surface area (Å²) in [6.45, 7) is 4.06. The molecule has 1 aromatic rings. The van der Waals surface area contributed by atoms with Gasteiger partial charge < -0.3 is 20.2 Å². The van der Waals surface area contributed by atoms with E-state index in [9.17, 15) is 0 Å². The smallest absolute Gasteiger partial charge is 0.158 e. The zero-order chi connectivity index (χ0) is 13.4. The monoisotopic (exact) mass is 255 g/mol. The molecule has 0 bridgehead atoms. The van der Waals surface area contributed by atoms with Gasteiger partial charge in [-0.3, -0.25) is 0 Å². The van der Waals surface area contributed by atoms with Crippen LogP contribution in [0.1, 0.15) is 19.2 Å². The minimum Gasteiger partial charge on any atom is -0.396 e. The van der Waals surface area contributed by atoms with Crippen molar-refractivity contribution in [3.63, 3.8) is 0 Å². The van der Waals surface area contributed by atoms with Gasteiger partial charge in [0, 0.05) is 32.9 Å². The fourth-order valence-corrected chi connectivity index (χ4v) is 1.61. The van der Waals surface area contributed by atoms with Crippen LogP contribution in [0.15, 0.2) is 6.07 Å². The minimum atomic E-state index is 0.161. The van der Waals surface area contributed by atoms with Gasteiger partial charge in [-0.2, -0.15) is 0 Å². The molecular formula is C11H21N5O2. The third-order valence-corrected chi connectivity index (χ3v) is 2.47. The number of aliphatic hydroxyl groups excluding tert-OH is 1. The Morgan fingerprint density at radius 1 is 1.50 bits per heavy atom. The summed E-state index contributed by atoms with van der Waals surface area (Å²) < 4.78 is 5.02. The Morgan fingerprint density at radius 3 is 2.83 bits per heavy atom. The maximum atomic E-state index is 8.89. The molecule has 0 aliphatic heterocycles. The van der Waals surface area contributed by atoms with Crippen LogP contribution in [0.5, 0.6) is 0 Å². The molecule has 1 rings (SSSR count). The van der Waals surface area contributed by atoms with Gasteiger partial charge in [-0.05, 0) is 13.3 Å². The summed E-state index contributed by atoms with van der Waals surface area (Å²) in [7, 11) is 1.59. The number of nitrogens with two attached hydrogens (primary N) is 1. The number of nitrogens with one attached hydrogen (secondary N) is 1. The average molecular weight is 255 g/mol. The van der Waals surface area contributed by atoms with E-state index in [1.807, 2.05) is 6.92 Å². The Hall–Kier alpha value is -1.44. The second kappa shape index (κ2) is 7.80. The normalized spacial score (nSPS) is 10.4. The highest BCUT2D eigenvalue weighted by atomic mass is 16.5. The van der Waals surface area contributed by atoms with Crippen molar-refractivity contribution >= 4 is 11.6 Å². The van der Waals surface area contributed by atoms with Crippen molar-refractivity contribution in [2.24, 2.45) is 5.84 Å². The number of ether oxygens (including phenoxy) is 1. The second-order valence-corrected chi connectivity index (χ2v) is 3.76. The molecule has 0 saturated carbocycles. The quantitative estimate of drug-likeness (QED) is 0.448. The van der Waals surface area contributed by atoms with Crippen LogP contribution in [0, 0.1) is 0 Å². The number of hydrogen-bond donors (Lipinski definition) is 3. The molecule has 0 fully saturated rings. The van der Waals surface area contributed by atoms with E-state index in [4.69, 9.17) is 15.7 Å². The van der Waals surface area contributed by atoms with Crippen LogP contribution in [0.2, 0.25) is 0 Å². The predicted octanol–water partition coefficient (Wildman–Crippen LogP) is 0.117. The molecule has 1 aromatic heterocycles. The zero-order valence-corrected chi connectivity index (χ0v) is 10.9. The van der Waals surface area contributed by atoms with Crippen LogP contribution < -0.4 is 16.2 Å². The topological polar surface area (TPSA) is 96.5 Å². The van der Waals surface area contributed by atoms with E-state index in [2.05, 4.69) is 20.3 Å². The molecule has 7 nitrogen and oxygen atoms in total. The zero-order valence-electron chi connectivity index (χ0n) is 10.9. The molecule has 0 unspecified atom stereocenters. The van der Waals surface area contributed by atoms with E-state index >= 15 is 0 Å². The van der Waals surface area contributed by atoms with Gasteiger partial charge >= 0.3 is 0 Å². The number of methoxy groups -OCH3 is 1. The summed E-state index contributed by atoms with van der Waals surface area (Å²) >= 11 is 0. The van der Waals surface area contributed by atoms with Gasteiger partial charge in [0.2, 0.25) is 0 Å². The van der Waals surface area contributed by atoms with Crippen molar-refractivity contribution in [2.45, 2.75) is 20.0 Å². The van der Waals surface area contributed by atoms with Gasteiger partial charge in [0.25, 0.3) is 0 Å². The molecule has 0 aromatic carbocycles. The molecule has 0 saturated heterocycles. The molecule has 4 N–H and O–H groups in total. The van der Waals surface area contributed by atoms with Crippen molar-refractivity contribution in [2.75, 3.05) is 37.1 Å². The van der Waals surface area contributed by atoms with E-state index < -0.39 is 0 Å². The van der Waals surface area contributed by atoms with E-state index in [-0.39, 0.29) is 6.61 Å². The lowest BCUT2D eigenvalue weighted by atomic mass is 10.3. The lowest BCUT2D eigenvalue weighted by Crippen LogP contribution is -2.26. The molecule has 0 amide bonds. The van der Waals surface area contributed by atoms with Crippen LogP contribution in [0.25, 0.3) is 0 Å². The Kier molecular flexibility index (Phi) is 6.34. The highest BCUT2D eigenvalue weighted by Crippen LogP contribution is 2.16. The first-order chi connectivity index (χ1) is 8.74. The highest BCUT2D eigenvalue weighted by molar-refractivity contribution is 5.48. The summed E-state index contributed by atoms with van der Waals surface area (Å²) in [4.78, 5) is 10.7. The second-order valence-electron chi connectivity index (χ2n) is 3.76. The summed E-state index contributed by atoms with van der Waals surface area (Å²) in [6, 6.07) is 1.78. The lowest BCUT2D eigenvalue weighted by Gasteiger charge is -2.22. The number of anilines is 2. The molecule has 0 aliphatic rings. The number of aliphatic hydroxyl groups is 1. The largest absolute Gasteiger partial charge is 0.396 e. The summed E-state index contributed by atoms with van der Waals surface area (Å²) in [5.74, 6) is 7.29. The number of nitrogens with zero attached hydrogens (tertiary/aromatic N) is 3. The molecule has 0 radical (unpaired) electrons. The third-order valence-electron chi connectivity index (χ3n) is 2.47. The van der Waals surface area contributed by atoms with Gasteiger partial charge in [0.05, 0.1) is 0 Å². The van der Waals surface area contributed by atoms with Gasteiger partial charge in [0.1, 0.15) is 18.2 Å². The molecular weight excluding hydrogens is 234 g/mol. The standard InChI is InChI=1S/C11H21N5O2/c1-3-16(5-4-6-17)11-7-9(15-12)13-10(14-11)8-18-2/h7,17H,3-6,8,12H2,1-2H3,(H,13,14,15). The van der Waals surface area contributed by atoms with Gasteiger partial charge in [0.15, 0.2) is 5.82 Å². The van der Waals surface area contributed by atoms with Crippen LogP contribution in [-0.2, 0) is 11.3 Å². The number of hydrazine groups is 1. The minimum absolute atomic E-state index is 0.161. The Balaban J connectivity index is 2.93. The average Bonchev–Trinajstić information content (AvgIpc) is 2.39. The highest BCUT2D eigenvalue weighted by Gasteiger charge is 2.09. The Labute approximate surface area is 107 Å². The summed E-state index contributed by atoms with van der Waals surface area (Å²) in [6.07, 6.45) is 0.697. The molecule has 102 valence electrons. The number of nitrogen functional groups attached to an aromatic ring is 1. The van der Waals surface area contributed by atoms with E-state index in [1.54, 1.807) is 13.2 Å². The molecule has 0 atom stereocenters. The number of rotatable bonds is 8. The lowest BCUT2D eigenvalue weighted by molar-refractivity contribution is 0.178. The van der Waals surface area contributed by atoms with Crippen molar-refractivity contribution in [3.8, 4) is 0 Å². The van der Waals surface area contributed by atoms with Crippen LogP contribution in [0.4, 0.5) is 11.6 Å². The molecule has 1 heterocycles. The third kappa shape index (κ3) is 4.10. The van der Waals surface area contributed by atoms with Crippen molar-refractivity contribution < 1.29 is 9.84 Å². The number of aromatic nitrogens is 2. The predicted molar refractivity (Wildman–Crippen MR) is 70.1 cm³/mol.